The first kappa shape index (κ1) is 20.1. The number of amides is 1. The van der Waals surface area contributed by atoms with Gasteiger partial charge in [0.05, 0.1) is 0 Å². The van der Waals surface area contributed by atoms with E-state index in [4.69, 9.17) is 10.5 Å². The molecule has 9 nitrogen and oxygen atoms in total. The summed E-state index contributed by atoms with van der Waals surface area (Å²) in [6.45, 7) is 9.20. The Balaban J connectivity index is 1.97. The van der Waals surface area contributed by atoms with Gasteiger partial charge in [-0.15, -0.1) is 0 Å². The van der Waals surface area contributed by atoms with Crippen LogP contribution in [0.4, 0.5) is 33.8 Å². The van der Waals surface area contributed by atoms with Crippen LogP contribution in [0.15, 0.2) is 36.5 Å². The van der Waals surface area contributed by atoms with Crippen LogP contribution >= 0.6 is 0 Å². The van der Waals surface area contributed by atoms with Crippen molar-refractivity contribution < 1.29 is 9.53 Å². The average Bonchev–Trinajstić information content (AvgIpc) is 3.03. The van der Waals surface area contributed by atoms with Crippen molar-refractivity contribution in [3.05, 3.63) is 47.8 Å². The second-order valence-corrected chi connectivity index (χ2v) is 7.66. The van der Waals surface area contributed by atoms with E-state index in [0.29, 0.717) is 23.3 Å². The Kier molecular flexibility index (Phi) is 5.40. The monoisotopic (exact) mass is 395 g/mol. The zero-order valence-corrected chi connectivity index (χ0v) is 17.1. The fourth-order valence-corrected chi connectivity index (χ4v) is 2.56. The van der Waals surface area contributed by atoms with E-state index in [1.54, 1.807) is 45.2 Å². The van der Waals surface area contributed by atoms with Crippen LogP contribution in [0.5, 0.6) is 0 Å². The Bertz CT molecular complexity index is 1020. The Morgan fingerprint density at radius 3 is 2.59 bits per heavy atom. The van der Waals surface area contributed by atoms with Gasteiger partial charge in [-0.1, -0.05) is 6.07 Å². The number of benzene rings is 1. The molecule has 0 aliphatic carbocycles. The van der Waals surface area contributed by atoms with Gasteiger partial charge < -0.3 is 15.8 Å². The number of hydrogen-bond acceptors (Lipinski definition) is 7. The summed E-state index contributed by atoms with van der Waals surface area (Å²) in [5.74, 6) is 1.02. The molecule has 0 radical (unpaired) electrons. The largest absolute Gasteiger partial charge is 0.443 e. The Morgan fingerprint density at radius 1 is 1.17 bits per heavy atom. The lowest BCUT2D eigenvalue weighted by Crippen LogP contribution is -2.34. The summed E-state index contributed by atoms with van der Waals surface area (Å²) >= 11 is 0. The molecule has 1 aromatic carbocycles. The van der Waals surface area contributed by atoms with Crippen molar-refractivity contribution in [3.63, 3.8) is 0 Å². The Morgan fingerprint density at radius 2 is 1.93 bits per heavy atom. The van der Waals surface area contributed by atoms with E-state index in [9.17, 15) is 4.79 Å². The number of carbonyl (C=O) groups excluding carboxylic acids is 1. The molecule has 1 amide bonds. The number of aromatic nitrogens is 4. The average molecular weight is 395 g/mol. The number of nitrogen functional groups attached to an aromatic ring is 1. The summed E-state index contributed by atoms with van der Waals surface area (Å²) in [5, 5.41) is 10.2. The topological polar surface area (TPSA) is 122 Å². The number of aryl methyl sites for hydroxylation is 2. The summed E-state index contributed by atoms with van der Waals surface area (Å²) in [5.41, 5.74) is 8.39. The van der Waals surface area contributed by atoms with Crippen molar-refractivity contribution in [1.82, 2.24) is 20.2 Å². The zero-order chi connectivity index (χ0) is 21.2. The zero-order valence-electron chi connectivity index (χ0n) is 17.1. The smallest absolute Gasteiger partial charge is 0.422 e. The standard InChI is InChI=1S/C20H25N7O2/c1-12-6-7-14(21)11-15(12)23-18-22-9-8-16(24-18)27(17-10-13(2)25-26-17)19(28)29-20(3,4)5/h6-11H,21H2,1-5H3,(H,25,26)(H,22,23,24). The molecule has 0 fully saturated rings. The van der Waals surface area contributed by atoms with E-state index >= 15 is 0 Å². The molecule has 0 atom stereocenters. The van der Waals surface area contributed by atoms with Crippen LogP contribution in [0.3, 0.4) is 0 Å². The van der Waals surface area contributed by atoms with Crippen LogP contribution in [-0.2, 0) is 4.74 Å². The van der Waals surface area contributed by atoms with E-state index in [-0.39, 0.29) is 0 Å². The molecule has 0 bridgehead atoms. The first-order valence-corrected chi connectivity index (χ1v) is 9.14. The van der Waals surface area contributed by atoms with Crippen LogP contribution in [-0.4, -0.2) is 31.9 Å². The van der Waals surface area contributed by atoms with Gasteiger partial charge in [0.25, 0.3) is 0 Å². The van der Waals surface area contributed by atoms with Crippen LogP contribution < -0.4 is 16.0 Å². The number of carbonyl (C=O) groups is 1. The number of ether oxygens (including phenoxy) is 1. The number of aromatic amines is 1. The van der Waals surface area contributed by atoms with Crippen molar-refractivity contribution in [2.45, 2.75) is 40.2 Å². The molecule has 152 valence electrons. The van der Waals surface area contributed by atoms with E-state index in [2.05, 4.69) is 25.5 Å². The van der Waals surface area contributed by atoms with Crippen molar-refractivity contribution in [2.24, 2.45) is 0 Å². The molecule has 2 aromatic heterocycles. The number of hydrogen-bond donors (Lipinski definition) is 3. The van der Waals surface area contributed by atoms with Crippen LogP contribution in [0.25, 0.3) is 0 Å². The van der Waals surface area contributed by atoms with Gasteiger partial charge in [-0.05, 0) is 52.3 Å². The van der Waals surface area contributed by atoms with Crippen LogP contribution in [0.1, 0.15) is 32.0 Å². The van der Waals surface area contributed by atoms with Gasteiger partial charge in [-0.25, -0.2) is 14.7 Å². The van der Waals surface area contributed by atoms with Gasteiger partial charge in [0.2, 0.25) is 5.95 Å². The van der Waals surface area contributed by atoms with Gasteiger partial charge in [-0.2, -0.15) is 10.1 Å². The van der Waals surface area contributed by atoms with Crippen molar-refractivity contribution in [3.8, 4) is 0 Å². The SMILES string of the molecule is Cc1cc(N(C(=O)OC(C)(C)C)c2ccnc(Nc3cc(N)ccc3C)n2)n[nH]1. The number of rotatable bonds is 4. The van der Waals surface area contributed by atoms with Crippen molar-refractivity contribution in [1.29, 1.82) is 0 Å². The molecule has 3 rings (SSSR count). The molecular weight excluding hydrogens is 370 g/mol. The van der Waals surface area contributed by atoms with E-state index < -0.39 is 11.7 Å². The molecular formula is C20H25N7O2. The van der Waals surface area contributed by atoms with Gasteiger partial charge in [0.15, 0.2) is 5.82 Å². The third kappa shape index (κ3) is 5.01. The lowest BCUT2D eigenvalue weighted by Gasteiger charge is -2.25. The first-order valence-electron chi connectivity index (χ1n) is 9.14. The van der Waals surface area contributed by atoms with Gasteiger partial charge >= 0.3 is 6.09 Å². The molecule has 0 saturated heterocycles. The van der Waals surface area contributed by atoms with Gasteiger partial charge in [-0.3, -0.25) is 5.10 Å². The second-order valence-electron chi connectivity index (χ2n) is 7.66. The summed E-state index contributed by atoms with van der Waals surface area (Å²) in [6.07, 6.45) is 0.970. The lowest BCUT2D eigenvalue weighted by atomic mass is 10.2. The maximum atomic E-state index is 12.9. The van der Waals surface area contributed by atoms with Gasteiger partial charge in [0, 0.05) is 35.4 Å². The molecule has 0 unspecified atom stereocenters. The maximum absolute atomic E-state index is 12.9. The lowest BCUT2D eigenvalue weighted by molar-refractivity contribution is 0.0597. The quantitative estimate of drug-likeness (QED) is 0.565. The number of nitrogens with zero attached hydrogens (tertiary/aromatic N) is 4. The van der Waals surface area contributed by atoms with E-state index in [1.165, 1.54) is 4.90 Å². The second kappa shape index (κ2) is 7.78. The van der Waals surface area contributed by atoms with Crippen molar-refractivity contribution >= 4 is 35.1 Å². The third-order valence-electron chi connectivity index (χ3n) is 3.88. The molecule has 9 heteroatoms. The fraction of sp³-hybridized carbons (Fsp3) is 0.300. The third-order valence-corrected chi connectivity index (χ3v) is 3.88. The Hall–Kier alpha value is -3.62. The summed E-state index contributed by atoms with van der Waals surface area (Å²) in [4.78, 5) is 22.9. The number of H-pyrrole nitrogens is 1. The minimum atomic E-state index is -0.673. The van der Waals surface area contributed by atoms with Crippen molar-refractivity contribution in [2.75, 3.05) is 16.0 Å². The highest BCUT2D eigenvalue weighted by Gasteiger charge is 2.28. The molecule has 2 heterocycles. The molecule has 0 saturated carbocycles. The minimum Gasteiger partial charge on any atom is -0.443 e. The van der Waals surface area contributed by atoms with Crippen LogP contribution in [0, 0.1) is 13.8 Å². The molecule has 0 aliphatic heterocycles. The van der Waals surface area contributed by atoms with Crippen LogP contribution in [0.2, 0.25) is 0 Å². The fourth-order valence-electron chi connectivity index (χ4n) is 2.56. The molecule has 0 spiro atoms. The Labute approximate surface area is 169 Å². The normalized spacial score (nSPS) is 11.2. The summed E-state index contributed by atoms with van der Waals surface area (Å²) in [7, 11) is 0. The molecule has 4 N–H and O–H groups in total. The highest BCUT2D eigenvalue weighted by molar-refractivity contribution is 5.94. The molecule has 0 aliphatic rings. The predicted molar refractivity (Wildman–Crippen MR) is 113 cm³/mol. The summed E-state index contributed by atoms with van der Waals surface area (Å²) < 4.78 is 5.55. The first-order chi connectivity index (χ1) is 13.6. The number of anilines is 5. The molecule has 29 heavy (non-hydrogen) atoms. The number of nitrogens with two attached hydrogens (primary N) is 1. The maximum Gasteiger partial charge on any atom is 0.422 e. The van der Waals surface area contributed by atoms with E-state index in [1.807, 2.05) is 26.0 Å². The highest BCUT2D eigenvalue weighted by atomic mass is 16.6. The minimum absolute atomic E-state index is 0.317. The summed E-state index contributed by atoms with van der Waals surface area (Å²) in [6, 6.07) is 8.88. The van der Waals surface area contributed by atoms with Gasteiger partial charge in [0.1, 0.15) is 11.4 Å². The molecule has 3 aromatic rings. The predicted octanol–water partition coefficient (Wildman–Crippen LogP) is 4.22. The highest BCUT2D eigenvalue weighted by Crippen LogP contribution is 2.27. The number of nitrogens with one attached hydrogen (secondary N) is 2. The van der Waals surface area contributed by atoms with E-state index in [0.717, 1.165) is 16.9 Å².